The first-order valence-corrected chi connectivity index (χ1v) is 8.52. The van der Waals surface area contributed by atoms with Crippen molar-refractivity contribution >= 4 is 11.8 Å². The Morgan fingerprint density at radius 1 is 0.962 bits per heavy atom. The van der Waals surface area contributed by atoms with E-state index >= 15 is 0 Å². The molecule has 1 aromatic carbocycles. The minimum atomic E-state index is -1.15. The highest BCUT2D eigenvalue weighted by Crippen LogP contribution is 2.16. The smallest absolute Gasteiger partial charge is 0.235 e. The molecule has 26 heavy (non-hydrogen) atoms. The highest BCUT2D eigenvalue weighted by atomic mass is 16.5. The fourth-order valence-corrected chi connectivity index (χ4v) is 2.34. The maximum atomic E-state index is 12.4. The molecule has 2 rings (SSSR count). The molecular weight excluding hydrogens is 330 g/mol. The summed E-state index contributed by atoms with van der Waals surface area (Å²) >= 11 is 0. The van der Waals surface area contributed by atoms with Crippen LogP contribution in [0.1, 0.15) is 25.0 Å². The van der Waals surface area contributed by atoms with Crippen LogP contribution in [0.4, 0.5) is 0 Å². The zero-order valence-electron chi connectivity index (χ0n) is 15.4. The molecule has 0 fully saturated rings. The van der Waals surface area contributed by atoms with Gasteiger partial charge in [0, 0.05) is 25.5 Å². The third kappa shape index (κ3) is 5.31. The Labute approximate surface area is 154 Å². The van der Waals surface area contributed by atoms with Crippen LogP contribution in [0, 0.1) is 5.41 Å². The quantitative estimate of drug-likeness (QED) is 0.711. The van der Waals surface area contributed by atoms with E-state index in [4.69, 9.17) is 4.74 Å². The highest BCUT2D eigenvalue weighted by Gasteiger charge is 2.35. The van der Waals surface area contributed by atoms with Crippen LogP contribution in [0.5, 0.6) is 5.75 Å². The van der Waals surface area contributed by atoms with E-state index in [1.807, 2.05) is 36.4 Å². The van der Waals surface area contributed by atoms with Gasteiger partial charge in [-0.25, -0.2) is 0 Å². The van der Waals surface area contributed by atoms with E-state index in [0.717, 1.165) is 16.9 Å². The molecule has 0 unspecified atom stereocenters. The average Bonchev–Trinajstić information content (AvgIpc) is 2.67. The number of rotatable bonds is 8. The van der Waals surface area contributed by atoms with Crippen molar-refractivity contribution in [1.29, 1.82) is 0 Å². The fourth-order valence-electron chi connectivity index (χ4n) is 2.34. The first-order chi connectivity index (χ1) is 12.4. The summed E-state index contributed by atoms with van der Waals surface area (Å²) in [7, 11) is 1.62. The van der Waals surface area contributed by atoms with E-state index in [0.29, 0.717) is 19.5 Å². The number of methoxy groups -OCH3 is 1. The van der Waals surface area contributed by atoms with E-state index < -0.39 is 5.41 Å². The zero-order valence-corrected chi connectivity index (χ0v) is 15.4. The molecule has 0 aliphatic heterocycles. The number of benzene rings is 1. The molecule has 0 saturated heterocycles. The predicted octanol–water partition coefficient (Wildman–Crippen LogP) is 2.09. The Balaban J connectivity index is 1.80. The van der Waals surface area contributed by atoms with Crippen molar-refractivity contribution in [3.05, 3.63) is 59.9 Å². The van der Waals surface area contributed by atoms with Crippen molar-refractivity contribution < 1.29 is 14.3 Å². The number of pyridine rings is 1. The third-order valence-electron chi connectivity index (χ3n) is 4.20. The Bertz CT molecular complexity index is 728. The van der Waals surface area contributed by atoms with Crippen molar-refractivity contribution in [3.8, 4) is 5.75 Å². The molecule has 0 spiro atoms. The van der Waals surface area contributed by atoms with E-state index in [1.165, 1.54) is 0 Å². The molecule has 0 aliphatic rings. The summed E-state index contributed by atoms with van der Waals surface area (Å²) in [5, 5.41) is 5.64. The molecule has 6 heteroatoms. The lowest BCUT2D eigenvalue weighted by Gasteiger charge is -2.22. The van der Waals surface area contributed by atoms with Crippen LogP contribution in [0.25, 0.3) is 0 Å². The number of ether oxygens (including phenoxy) is 1. The van der Waals surface area contributed by atoms with Crippen LogP contribution in [0.15, 0.2) is 48.8 Å². The SMILES string of the molecule is COc1ccc(CCNC(=O)C(C)(C)C(=O)NCc2ccncc2)cc1. The summed E-state index contributed by atoms with van der Waals surface area (Å²) < 4.78 is 5.12. The molecule has 1 heterocycles. The first kappa shape index (κ1) is 19.4. The standard InChI is InChI=1S/C20H25N3O3/c1-20(2,19(25)23-14-16-8-11-21-12-9-16)18(24)22-13-10-15-4-6-17(26-3)7-5-15/h4-9,11-12H,10,13-14H2,1-3H3,(H,22,24)(H,23,25). The third-order valence-corrected chi connectivity index (χ3v) is 4.20. The molecule has 0 bridgehead atoms. The van der Waals surface area contributed by atoms with Gasteiger partial charge < -0.3 is 15.4 Å². The molecule has 0 saturated carbocycles. The summed E-state index contributed by atoms with van der Waals surface area (Å²) in [5.41, 5.74) is 0.877. The Kier molecular flexibility index (Phi) is 6.72. The van der Waals surface area contributed by atoms with Crippen LogP contribution < -0.4 is 15.4 Å². The largest absolute Gasteiger partial charge is 0.497 e. The Morgan fingerprint density at radius 3 is 2.19 bits per heavy atom. The number of hydrogen-bond donors (Lipinski definition) is 2. The molecule has 2 amide bonds. The number of hydrogen-bond acceptors (Lipinski definition) is 4. The normalized spacial score (nSPS) is 10.9. The topological polar surface area (TPSA) is 80.3 Å². The van der Waals surface area contributed by atoms with Crippen molar-refractivity contribution in [2.75, 3.05) is 13.7 Å². The maximum absolute atomic E-state index is 12.4. The van der Waals surface area contributed by atoms with Gasteiger partial charge >= 0.3 is 0 Å². The van der Waals surface area contributed by atoms with Crippen LogP contribution in [-0.4, -0.2) is 30.5 Å². The lowest BCUT2D eigenvalue weighted by atomic mass is 9.91. The van der Waals surface area contributed by atoms with E-state index in [2.05, 4.69) is 15.6 Å². The second kappa shape index (κ2) is 8.99. The number of amides is 2. The lowest BCUT2D eigenvalue weighted by molar-refractivity contribution is -0.141. The lowest BCUT2D eigenvalue weighted by Crippen LogP contribution is -2.48. The van der Waals surface area contributed by atoms with Crippen molar-refractivity contribution in [2.24, 2.45) is 5.41 Å². The van der Waals surface area contributed by atoms with Crippen molar-refractivity contribution in [1.82, 2.24) is 15.6 Å². The molecule has 2 aromatic rings. The zero-order chi connectivity index (χ0) is 19.0. The number of carbonyl (C=O) groups is 2. The second-order valence-corrected chi connectivity index (χ2v) is 6.52. The molecule has 0 atom stereocenters. The summed E-state index contributed by atoms with van der Waals surface area (Å²) in [6.45, 7) is 4.07. The minimum Gasteiger partial charge on any atom is -0.497 e. The van der Waals surface area contributed by atoms with Crippen LogP contribution >= 0.6 is 0 Å². The van der Waals surface area contributed by atoms with E-state index in [1.54, 1.807) is 33.4 Å². The number of aromatic nitrogens is 1. The predicted molar refractivity (Wildman–Crippen MR) is 99.6 cm³/mol. The number of nitrogens with zero attached hydrogens (tertiary/aromatic N) is 1. The van der Waals surface area contributed by atoms with Crippen molar-refractivity contribution in [3.63, 3.8) is 0 Å². The summed E-state index contributed by atoms with van der Waals surface area (Å²) in [6.07, 6.45) is 4.02. The molecule has 1 aromatic heterocycles. The highest BCUT2D eigenvalue weighted by molar-refractivity contribution is 6.04. The van der Waals surface area contributed by atoms with Gasteiger partial charge in [-0.2, -0.15) is 0 Å². The maximum Gasteiger partial charge on any atom is 0.235 e. The molecule has 0 radical (unpaired) electrons. The van der Waals surface area contributed by atoms with Gasteiger partial charge in [-0.3, -0.25) is 14.6 Å². The summed E-state index contributed by atoms with van der Waals surface area (Å²) in [5.74, 6) is 0.194. The fraction of sp³-hybridized carbons (Fsp3) is 0.350. The summed E-state index contributed by atoms with van der Waals surface area (Å²) in [6, 6.07) is 11.3. The van der Waals surface area contributed by atoms with Gasteiger partial charge in [-0.1, -0.05) is 12.1 Å². The van der Waals surface area contributed by atoms with Crippen LogP contribution in [0.3, 0.4) is 0 Å². The molecule has 0 aliphatic carbocycles. The van der Waals surface area contributed by atoms with Gasteiger partial charge in [-0.05, 0) is 55.7 Å². The Morgan fingerprint density at radius 2 is 1.58 bits per heavy atom. The van der Waals surface area contributed by atoms with Crippen LogP contribution in [-0.2, 0) is 22.6 Å². The van der Waals surface area contributed by atoms with E-state index in [9.17, 15) is 9.59 Å². The monoisotopic (exact) mass is 355 g/mol. The second-order valence-electron chi connectivity index (χ2n) is 6.52. The number of carbonyl (C=O) groups excluding carboxylic acids is 2. The molecule has 2 N–H and O–H groups in total. The van der Waals surface area contributed by atoms with Gasteiger partial charge in [-0.15, -0.1) is 0 Å². The van der Waals surface area contributed by atoms with Gasteiger partial charge in [0.15, 0.2) is 0 Å². The van der Waals surface area contributed by atoms with Gasteiger partial charge in [0.2, 0.25) is 11.8 Å². The molecule has 6 nitrogen and oxygen atoms in total. The average molecular weight is 355 g/mol. The molecule has 138 valence electrons. The first-order valence-electron chi connectivity index (χ1n) is 8.52. The van der Waals surface area contributed by atoms with E-state index in [-0.39, 0.29) is 11.8 Å². The number of nitrogens with one attached hydrogen (secondary N) is 2. The minimum absolute atomic E-state index is 0.293. The molecular formula is C20H25N3O3. The summed E-state index contributed by atoms with van der Waals surface area (Å²) in [4.78, 5) is 28.7. The van der Waals surface area contributed by atoms with Gasteiger partial charge in [0.1, 0.15) is 11.2 Å². The van der Waals surface area contributed by atoms with Crippen molar-refractivity contribution in [2.45, 2.75) is 26.8 Å². The Hall–Kier alpha value is -2.89. The van der Waals surface area contributed by atoms with Gasteiger partial charge in [0.25, 0.3) is 0 Å². The van der Waals surface area contributed by atoms with Crippen LogP contribution in [0.2, 0.25) is 0 Å². The van der Waals surface area contributed by atoms with Gasteiger partial charge in [0.05, 0.1) is 7.11 Å².